The van der Waals surface area contributed by atoms with Crippen LogP contribution in [-0.4, -0.2) is 25.3 Å². The monoisotopic (exact) mass is 227 g/mol. The summed E-state index contributed by atoms with van der Waals surface area (Å²) >= 11 is 0. The second kappa shape index (κ2) is 7.29. The fraction of sp³-hybridized carbons (Fsp3) is 1.00. The molecule has 0 radical (unpaired) electrons. The van der Waals surface area contributed by atoms with E-state index in [0.29, 0.717) is 0 Å². The highest BCUT2D eigenvalue weighted by Gasteiger charge is 2.20. The van der Waals surface area contributed by atoms with Crippen LogP contribution in [0.2, 0.25) is 0 Å². The highest BCUT2D eigenvalue weighted by Crippen LogP contribution is 2.32. The van der Waals surface area contributed by atoms with Crippen LogP contribution in [0.5, 0.6) is 0 Å². The van der Waals surface area contributed by atoms with Gasteiger partial charge in [0.05, 0.1) is 0 Å². The average molecular weight is 227 g/mol. The molecule has 1 aliphatic carbocycles. The van der Waals surface area contributed by atoms with E-state index in [1.165, 1.54) is 38.5 Å². The molecule has 0 heterocycles. The number of unbranched alkanes of at least 4 members (excludes halogenated alkanes) is 2. The Bertz CT molecular complexity index is 170. The first-order chi connectivity index (χ1) is 7.58. The SMILES string of the molecule is CC(C)(C)NCCCCCOCCC1CC1. The van der Waals surface area contributed by atoms with Crippen molar-refractivity contribution < 1.29 is 4.74 Å². The van der Waals surface area contributed by atoms with E-state index in [-0.39, 0.29) is 5.54 Å². The molecule has 0 atom stereocenters. The molecule has 0 unspecified atom stereocenters. The molecule has 0 spiro atoms. The summed E-state index contributed by atoms with van der Waals surface area (Å²) in [7, 11) is 0. The van der Waals surface area contributed by atoms with Crippen LogP contribution in [0.25, 0.3) is 0 Å². The van der Waals surface area contributed by atoms with Crippen molar-refractivity contribution >= 4 is 0 Å². The molecule has 1 N–H and O–H groups in total. The van der Waals surface area contributed by atoms with Crippen LogP contribution in [0.1, 0.15) is 59.3 Å². The van der Waals surface area contributed by atoms with Gasteiger partial charge in [0, 0.05) is 18.8 Å². The molecular weight excluding hydrogens is 198 g/mol. The first-order valence-electron chi connectivity index (χ1n) is 6.91. The van der Waals surface area contributed by atoms with Gasteiger partial charge in [-0.25, -0.2) is 0 Å². The molecule has 0 aromatic carbocycles. The molecule has 16 heavy (non-hydrogen) atoms. The minimum Gasteiger partial charge on any atom is -0.381 e. The lowest BCUT2D eigenvalue weighted by Gasteiger charge is -2.20. The molecular formula is C14H29NO. The predicted molar refractivity (Wildman–Crippen MR) is 69.8 cm³/mol. The van der Waals surface area contributed by atoms with Crippen LogP contribution in [0.3, 0.4) is 0 Å². The van der Waals surface area contributed by atoms with Gasteiger partial charge in [0.2, 0.25) is 0 Å². The number of hydrogen-bond acceptors (Lipinski definition) is 2. The van der Waals surface area contributed by atoms with Gasteiger partial charge < -0.3 is 10.1 Å². The van der Waals surface area contributed by atoms with Crippen LogP contribution in [0.4, 0.5) is 0 Å². The zero-order valence-electron chi connectivity index (χ0n) is 11.3. The van der Waals surface area contributed by atoms with E-state index in [4.69, 9.17) is 4.74 Å². The standard InChI is InChI=1S/C14H29NO/c1-14(2,3)15-10-5-4-6-11-16-12-9-13-7-8-13/h13,15H,4-12H2,1-3H3. The van der Waals surface area contributed by atoms with E-state index in [2.05, 4.69) is 26.1 Å². The lowest BCUT2D eigenvalue weighted by atomic mass is 10.1. The van der Waals surface area contributed by atoms with Crippen molar-refractivity contribution in [1.82, 2.24) is 5.32 Å². The van der Waals surface area contributed by atoms with Gasteiger partial charge in [0.25, 0.3) is 0 Å². The van der Waals surface area contributed by atoms with Gasteiger partial charge in [-0.15, -0.1) is 0 Å². The summed E-state index contributed by atoms with van der Waals surface area (Å²) in [6.07, 6.45) is 7.96. The second-order valence-electron chi connectivity index (χ2n) is 6.08. The van der Waals surface area contributed by atoms with Gasteiger partial charge in [-0.2, -0.15) is 0 Å². The summed E-state index contributed by atoms with van der Waals surface area (Å²) in [4.78, 5) is 0. The quantitative estimate of drug-likeness (QED) is 0.610. The first-order valence-corrected chi connectivity index (χ1v) is 6.91. The lowest BCUT2D eigenvalue weighted by molar-refractivity contribution is 0.124. The number of ether oxygens (including phenoxy) is 1. The van der Waals surface area contributed by atoms with Gasteiger partial charge in [0.15, 0.2) is 0 Å². The van der Waals surface area contributed by atoms with Gasteiger partial charge >= 0.3 is 0 Å². The number of nitrogens with one attached hydrogen (secondary N) is 1. The third-order valence-corrected chi connectivity index (χ3v) is 2.99. The molecule has 1 rings (SSSR count). The molecule has 2 nitrogen and oxygen atoms in total. The van der Waals surface area contributed by atoms with Crippen LogP contribution < -0.4 is 5.32 Å². The highest BCUT2D eigenvalue weighted by atomic mass is 16.5. The molecule has 1 saturated carbocycles. The van der Waals surface area contributed by atoms with Crippen molar-refractivity contribution in [3.8, 4) is 0 Å². The molecule has 2 heteroatoms. The topological polar surface area (TPSA) is 21.3 Å². The Morgan fingerprint density at radius 3 is 2.44 bits per heavy atom. The third-order valence-electron chi connectivity index (χ3n) is 2.99. The molecule has 96 valence electrons. The number of hydrogen-bond donors (Lipinski definition) is 1. The van der Waals surface area contributed by atoms with Gasteiger partial charge in [-0.3, -0.25) is 0 Å². The van der Waals surface area contributed by atoms with E-state index in [1.807, 2.05) is 0 Å². The van der Waals surface area contributed by atoms with E-state index < -0.39 is 0 Å². The van der Waals surface area contributed by atoms with Gasteiger partial charge in [0.1, 0.15) is 0 Å². The molecule has 0 aromatic rings. The third kappa shape index (κ3) is 9.17. The van der Waals surface area contributed by atoms with Crippen molar-refractivity contribution in [2.24, 2.45) is 5.92 Å². The van der Waals surface area contributed by atoms with Crippen molar-refractivity contribution in [2.75, 3.05) is 19.8 Å². The minimum atomic E-state index is 0.265. The van der Waals surface area contributed by atoms with Crippen LogP contribution in [0.15, 0.2) is 0 Å². The van der Waals surface area contributed by atoms with Crippen molar-refractivity contribution in [3.05, 3.63) is 0 Å². The summed E-state index contributed by atoms with van der Waals surface area (Å²) in [6.45, 7) is 9.73. The first kappa shape index (κ1) is 14.0. The maximum atomic E-state index is 5.61. The fourth-order valence-electron chi connectivity index (χ4n) is 1.73. The smallest absolute Gasteiger partial charge is 0.0468 e. The Kier molecular flexibility index (Phi) is 6.37. The van der Waals surface area contributed by atoms with Crippen molar-refractivity contribution in [1.29, 1.82) is 0 Å². The fourth-order valence-corrected chi connectivity index (χ4v) is 1.73. The van der Waals surface area contributed by atoms with Gasteiger partial charge in [-0.1, -0.05) is 12.8 Å². The van der Waals surface area contributed by atoms with E-state index >= 15 is 0 Å². The molecule has 0 aliphatic heterocycles. The predicted octanol–water partition coefficient (Wildman–Crippen LogP) is 3.36. The van der Waals surface area contributed by atoms with E-state index in [1.54, 1.807) is 0 Å². The second-order valence-corrected chi connectivity index (χ2v) is 6.08. The Morgan fingerprint density at radius 2 is 1.81 bits per heavy atom. The Labute approximate surface area is 101 Å². The number of rotatable bonds is 9. The van der Waals surface area contributed by atoms with Crippen LogP contribution >= 0.6 is 0 Å². The molecule has 0 aromatic heterocycles. The summed E-state index contributed by atoms with van der Waals surface area (Å²) in [5, 5.41) is 3.51. The van der Waals surface area contributed by atoms with Gasteiger partial charge in [-0.05, 0) is 58.9 Å². The van der Waals surface area contributed by atoms with Crippen molar-refractivity contribution in [2.45, 2.75) is 64.8 Å². The molecule has 1 aliphatic rings. The maximum Gasteiger partial charge on any atom is 0.0468 e. The molecule has 1 fully saturated rings. The summed E-state index contributed by atoms with van der Waals surface area (Å²) < 4.78 is 5.61. The minimum absolute atomic E-state index is 0.265. The van der Waals surface area contributed by atoms with Crippen LogP contribution in [-0.2, 0) is 4.74 Å². The summed E-state index contributed by atoms with van der Waals surface area (Å²) in [6, 6.07) is 0. The lowest BCUT2D eigenvalue weighted by Crippen LogP contribution is -2.36. The Morgan fingerprint density at radius 1 is 1.06 bits per heavy atom. The highest BCUT2D eigenvalue weighted by molar-refractivity contribution is 4.72. The van der Waals surface area contributed by atoms with E-state index in [0.717, 1.165) is 25.7 Å². The Hall–Kier alpha value is -0.0800. The maximum absolute atomic E-state index is 5.61. The zero-order chi connectivity index (χ0) is 11.9. The zero-order valence-corrected chi connectivity index (χ0v) is 11.3. The molecule has 0 bridgehead atoms. The largest absolute Gasteiger partial charge is 0.381 e. The Balaban J connectivity index is 1.70. The molecule has 0 saturated heterocycles. The summed E-state index contributed by atoms with van der Waals surface area (Å²) in [5.41, 5.74) is 0.265. The van der Waals surface area contributed by atoms with Crippen LogP contribution in [0, 0.1) is 5.92 Å². The average Bonchev–Trinajstić information content (AvgIpc) is 2.97. The normalized spacial score (nSPS) is 16.7. The summed E-state index contributed by atoms with van der Waals surface area (Å²) in [5.74, 6) is 1.01. The molecule has 0 amide bonds. The van der Waals surface area contributed by atoms with E-state index in [9.17, 15) is 0 Å². The van der Waals surface area contributed by atoms with Crippen molar-refractivity contribution in [3.63, 3.8) is 0 Å².